The highest BCUT2D eigenvalue weighted by molar-refractivity contribution is 7.16. The Labute approximate surface area is 346 Å². The Morgan fingerprint density at radius 1 is 0.917 bits per heavy atom. The second-order valence-electron chi connectivity index (χ2n) is 13.4. The molecule has 1 aromatic carbocycles. The Morgan fingerprint density at radius 3 is 2.22 bits per heavy atom. The number of oxazole rings is 2. The number of allylic oxidation sites excluding steroid dienone is 2. The molecule has 0 bridgehead atoms. The van der Waals surface area contributed by atoms with Crippen LogP contribution in [-0.2, 0) is 30.7 Å². The number of nitrogens with one attached hydrogen (secondary N) is 2. The van der Waals surface area contributed by atoms with Crippen LogP contribution in [0.1, 0.15) is 91.7 Å². The highest BCUT2D eigenvalue weighted by Crippen LogP contribution is 2.32. The quantitative estimate of drug-likeness (QED) is 0.0583. The number of hydrazine groups is 1. The summed E-state index contributed by atoms with van der Waals surface area (Å²) in [7, 11) is 3.25. The first-order chi connectivity index (χ1) is 28.7. The fourth-order valence-corrected chi connectivity index (χ4v) is 7.25. The standard InChI is InChI=1S/C39H44N12O8S/c1-7-24-31(58-20(3)44-24)36(55)47-38-46-26-16-22(33(40)53)17-27(57-15-11-12-29(52)49(6)42-5)30(26)50(38)13-9-10-14-51-35-28(18-23(19-43-35)34(41)54)60-39(51)48-37(56)32-25(8-2)45-21(4)59-32/h9-10,16-19,42H,7-8,11-15H2,1-6H3,(H2,40,53)(H2,41,54)(H,46,47,55)/b10-9+,48-39?. The number of amides is 5. The molecule has 0 saturated carbocycles. The number of carbonyl (C=O) groups is 5. The zero-order valence-corrected chi connectivity index (χ0v) is 34.6. The van der Waals surface area contributed by atoms with Gasteiger partial charge in [-0.3, -0.25) is 38.9 Å². The van der Waals surface area contributed by atoms with E-state index in [0.29, 0.717) is 63.8 Å². The number of hydrogen-bond donors (Lipinski definition) is 4. The molecule has 0 unspecified atom stereocenters. The largest absolute Gasteiger partial charge is 0.491 e. The molecule has 0 aliphatic heterocycles. The Balaban J connectivity index is 1.39. The van der Waals surface area contributed by atoms with Gasteiger partial charge in [-0.25, -0.2) is 25.4 Å². The summed E-state index contributed by atoms with van der Waals surface area (Å²) in [5.41, 5.74) is 16.4. The number of hydrogen-bond acceptors (Lipinski definition) is 14. The number of pyridine rings is 1. The number of rotatable bonds is 17. The van der Waals surface area contributed by atoms with Gasteiger partial charge in [-0.15, -0.1) is 0 Å². The molecular weight excluding hydrogens is 797 g/mol. The monoisotopic (exact) mass is 840 g/mol. The van der Waals surface area contributed by atoms with E-state index in [-0.39, 0.29) is 71.2 Å². The lowest BCUT2D eigenvalue weighted by molar-refractivity contribution is -0.132. The Hall–Kier alpha value is -7.00. The van der Waals surface area contributed by atoms with Crippen molar-refractivity contribution < 1.29 is 37.5 Å². The van der Waals surface area contributed by atoms with Crippen molar-refractivity contribution >= 4 is 68.2 Å². The molecule has 20 nitrogen and oxygen atoms in total. The van der Waals surface area contributed by atoms with Gasteiger partial charge in [-0.05, 0) is 37.5 Å². The highest BCUT2D eigenvalue weighted by Gasteiger charge is 2.24. The molecule has 0 aliphatic rings. The van der Waals surface area contributed by atoms with Crippen LogP contribution in [0.2, 0.25) is 0 Å². The molecular formula is C39H44N12O8S. The molecule has 6 N–H and O–H groups in total. The maximum atomic E-state index is 13.6. The van der Waals surface area contributed by atoms with Gasteiger partial charge in [0.25, 0.3) is 5.91 Å². The second kappa shape index (κ2) is 18.3. The van der Waals surface area contributed by atoms with Crippen LogP contribution in [-0.4, -0.2) is 84.3 Å². The molecule has 6 aromatic rings. The summed E-state index contributed by atoms with van der Waals surface area (Å²) in [6.45, 7) is 7.34. The van der Waals surface area contributed by atoms with Crippen LogP contribution in [0.5, 0.6) is 5.75 Å². The Bertz CT molecular complexity index is 2740. The number of imidazole rings is 1. The average molecular weight is 841 g/mol. The summed E-state index contributed by atoms with van der Waals surface area (Å²) in [4.78, 5) is 86.3. The molecule has 5 heterocycles. The van der Waals surface area contributed by atoms with E-state index in [2.05, 4.69) is 35.7 Å². The van der Waals surface area contributed by atoms with Crippen molar-refractivity contribution in [3.05, 3.63) is 87.2 Å². The molecule has 0 atom stereocenters. The SMILES string of the molecule is CCc1nc(C)oc1C(=O)N=c1sc2cc(C(N)=O)cnc2n1C/C=C/Cn1c(NC(=O)c2oc(C)nc2CC)nc2cc(C(N)=O)cc(OCCCC(=O)N(C)NC)c21. The minimum absolute atomic E-state index is 0.0275. The van der Waals surface area contributed by atoms with Gasteiger partial charge in [0.15, 0.2) is 22.2 Å². The third kappa shape index (κ3) is 9.16. The number of aryl methyl sites for hydroxylation is 4. The predicted molar refractivity (Wildman–Crippen MR) is 219 cm³/mol. The van der Waals surface area contributed by atoms with Crippen molar-refractivity contribution in [3.63, 3.8) is 0 Å². The third-order valence-electron chi connectivity index (χ3n) is 9.24. The van der Waals surface area contributed by atoms with Crippen molar-refractivity contribution in [2.24, 2.45) is 16.5 Å². The number of thiazole rings is 1. The molecule has 6 rings (SSSR count). The number of fused-ring (bicyclic) bond motifs is 2. The van der Waals surface area contributed by atoms with Crippen molar-refractivity contribution in [2.75, 3.05) is 26.0 Å². The zero-order valence-electron chi connectivity index (χ0n) is 33.8. The topological polar surface area (TPSA) is 274 Å². The van der Waals surface area contributed by atoms with E-state index < -0.39 is 23.6 Å². The van der Waals surface area contributed by atoms with E-state index in [1.54, 1.807) is 55.3 Å². The van der Waals surface area contributed by atoms with Crippen LogP contribution < -0.4 is 31.7 Å². The predicted octanol–water partition coefficient (Wildman–Crippen LogP) is 3.36. The van der Waals surface area contributed by atoms with Gasteiger partial charge < -0.3 is 29.6 Å². The lowest BCUT2D eigenvalue weighted by Crippen LogP contribution is -2.36. The number of nitrogens with two attached hydrogens (primary N) is 2. The van der Waals surface area contributed by atoms with E-state index in [0.717, 1.165) is 11.3 Å². The molecule has 60 heavy (non-hydrogen) atoms. The molecule has 5 amide bonds. The number of primary amides is 2. The highest BCUT2D eigenvalue weighted by atomic mass is 32.1. The molecule has 5 aromatic heterocycles. The van der Waals surface area contributed by atoms with Crippen LogP contribution in [0.3, 0.4) is 0 Å². The molecule has 0 aliphatic carbocycles. The van der Waals surface area contributed by atoms with Gasteiger partial charge in [-0.2, -0.15) is 4.99 Å². The van der Waals surface area contributed by atoms with Gasteiger partial charge in [-0.1, -0.05) is 37.3 Å². The smallest absolute Gasteiger partial charge is 0.317 e. The normalized spacial score (nSPS) is 11.9. The number of carbonyl (C=O) groups excluding carboxylic acids is 5. The summed E-state index contributed by atoms with van der Waals surface area (Å²) >= 11 is 1.14. The second-order valence-corrected chi connectivity index (χ2v) is 14.4. The first kappa shape index (κ1) is 42.6. The summed E-state index contributed by atoms with van der Waals surface area (Å²) in [5.74, 6) is -1.71. The maximum absolute atomic E-state index is 13.6. The lowest BCUT2D eigenvalue weighted by Gasteiger charge is -2.15. The molecule has 0 radical (unpaired) electrons. The van der Waals surface area contributed by atoms with E-state index in [1.165, 1.54) is 23.3 Å². The van der Waals surface area contributed by atoms with E-state index in [1.807, 2.05) is 13.8 Å². The number of aromatic nitrogens is 6. The Morgan fingerprint density at radius 2 is 1.57 bits per heavy atom. The summed E-state index contributed by atoms with van der Waals surface area (Å²) < 4.78 is 21.3. The summed E-state index contributed by atoms with van der Waals surface area (Å²) in [6.07, 6.45) is 6.37. The van der Waals surface area contributed by atoms with Gasteiger partial charge in [0.05, 0.1) is 33.8 Å². The van der Waals surface area contributed by atoms with Gasteiger partial charge in [0.2, 0.25) is 35.2 Å². The third-order valence-corrected chi connectivity index (χ3v) is 10.3. The fourth-order valence-electron chi connectivity index (χ4n) is 6.22. The van der Waals surface area contributed by atoms with E-state index in [9.17, 15) is 24.0 Å². The minimum Gasteiger partial charge on any atom is -0.491 e. The van der Waals surface area contributed by atoms with Crippen molar-refractivity contribution in [2.45, 2.75) is 66.5 Å². The van der Waals surface area contributed by atoms with Crippen LogP contribution >= 0.6 is 11.3 Å². The summed E-state index contributed by atoms with van der Waals surface area (Å²) in [6, 6.07) is 4.56. The minimum atomic E-state index is -0.724. The van der Waals surface area contributed by atoms with Crippen LogP contribution in [0, 0.1) is 13.8 Å². The van der Waals surface area contributed by atoms with Gasteiger partial charge >= 0.3 is 5.91 Å². The first-order valence-corrected chi connectivity index (χ1v) is 19.7. The number of benzene rings is 1. The average Bonchev–Trinajstić information content (AvgIpc) is 3.99. The van der Waals surface area contributed by atoms with E-state index in [4.69, 9.17) is 25.0 Å². The molecule has 21 heteroatoms. The van der Waals surface area contributed by atoms with Gasteiger partial charge in [0, 0.05) is 59.2 Å². The fraction of sp³-hybridized carbons (Fsp3) is 0.333. The zero-order chi connectivity index (χ0) is 43.2. The number of ether oxygens (including phenoxy) is 1. The molecule has 0 saturated heterocycles. The molecule has 0 fully saturated rings. The van der Waals surface area contributed by atoms with Crippen LogP contribution in [0.25, 0.3) is 21.4 Å². The number of anilines is 1. The molecule has 314 valence electrons. The summed E-state index contributed by atoms with van der Waals surface area (Å²) in [5, 5.41) is 4.19. The van der Waals surface area contributed by atoms with Crippen molar-refractivity contribution in [1.82, 2.24) is 39.5 Å². The Kier molecular flexibility index (Phi) is 13.0. The van der Waals surface area contributed by atoms with Crippen LogP contribution in [0.15, 0.2) is 50.4 Å². The lowest BCUT2D eigenvalue weighted by atomic mass is 10.1. The van der Waals surface area contributed by atoms with E-state index >= 15 is 0 Å². The van der Waals surface area contributed by atoms with Crippen LogP contribution in [0.4, 0.5) is 5.95 Å². The van der Waals surface area contributed by atoms with Crippen molar-refractivity contribution in [3.8, 4) is 5.75 Å². The van der Waals surface area contributed by atoms with Gasteiger partial charge in [0.1, 0.15) is 11.3 Å². The first-order valence-electron chi connectivity index (χ1n) is 18.9. The molecule has 0 spiro atoms. The number of nitrogens with zero attached hydrogens (tertiary/aromatic N) is 8. The maximum Gasteiger partial charge on any atom is 0.317 e. The van der Waals surface area contributed by atoms with Crippen molar-refractivity contribution in [1.29, 1.82) is 0 Å².